The summed E-state index contributed by atoms with van der Waals surface area (Å²) < 4.78 is 0. The number of aromatic nitrogens is 4. The van der Waals surface area contributed by atoms with Crippen LogP contribution in [0.2, 0.25) is 0 Å². The molecule has 2 aromatic heterocycles. The highest BCUT2D eigenvalue weighted by Gasteiger charge is 2.17. The molecular weight excluding hydrogens is 324 g/mol. The Hall–Kier alpha value is -2.73. The second-order valence-electron chi connectivity index (χ2n) is 6.51. The Labute approximate surface area is 153 Å². The summed E-state index contributed by atoms with van der Waals surface area (Å²) in [6, 6.07) is 10.3. The number of nitrogens with one attached hydrogen (secondary N) is 3. The Kier molecular flexibility index (Phi) is 4.93. The van der Waals surface area contributed by atoms with Gasteiger partial charge in [-0.2, -0.15) is 5.10 Å². The Morgan fingerprint density at radius 2 is 1.92 bits per heavy atom. The average Bonchev–Trinajstić information content (AvgIpc) is 3.03. The van der Waals surface area contributed by atoms with Crippen molar-refractivity contribution in [2.24, 2.45) is 0 Å². The van der Waals surface area contributed by atoms with Crippen LogP contribution in [-0.4, -0.2) is 33.3 Å². The number of H-pyrrole nitrogens is 1. The Balaban J connectivity index is 1.60. The molecule has 3 aromatic rings. The minimum atomic E-state index is 0.681. The molecule has 0 bridgehead atoms. The first-order valence-electron chi connectivity index (χ1n) is 9.26. The monoisotopic (exact) mass is 348 g/mol. The van der Waals surface area contributed by atoms with Crippen LogP contribution >= 0.6 is 0 Å². The quantitative estimate of drug-likeness (QED) is 0.661. The Bertz CT molecular complexity index is 871. The van der Waals surface area contributed by atoms with E-state index in [1.54, 1.807) is 0 Å². The third-order valence-electron chi connectivity index (χ3n) is 4.77. The summed E-state index contributed by atoms with van der Waals surface area (Å²) in [5.74, 6) is 1.87. The molecule has 0 amide bonds. The molecule has 1 aromatic carbocycles. The van der Waals surface area contributed by atoms with Crippen molar-refractivity contribution in [3.63, 3.8) is 0 Å². The minimum Gasteiger partial charge on any atom is -0.366 e. The molecule has 0 atom stereocenters. The summed E-state index contributed by atoms with van der Waals surface area (Å²) in [5, 5.41) is 14.4. The smallest absolute Gasteiger partial charge is 0.133 e. The van der Waals surface area contributed by atoms with Crippen LogP contribution in [-0.2, 0) is 25.8 Å². The van der Waals surface area contributed by atoms with Crippen LogP contribution in [0.4, 0.5) is 5.82 Å². The Morgan fingerprint density at radius 3 is 2.77 bits per heavy atom. The maximum Gasteiger partial charge on any atom is 0.133 e. The summed E-state index contributed by atoms with van der Waals surface area (Å²) in [6.07, 6.45) is 4.65. The molecule has 0 saturated carbocycles. The number of nitrogens with zero attached hydrogens (tertiary/aromatic N) is 3. The molecule has 3 heterocycles. The average molecular weight is 348 g/mol. The molecule has 134 valence electrons. The van der Waals surface area contributed by atoms with Gasteiger partial charge in [0.25, 0.3) is 0 Å². The molecular formula is C20H24N6. The van der Waals surface area contributed by atoms with E-state index in [9.17, 15) is 0 Å². The van der Waals surface area contributed by atoms with E-state index in [0.717, 1.165) is 60.8 Å². The number of aromatic amines is 1. The number of hydrogen-bond acceptors (Lipinski definition) is 5. The lowest BCUT2D eigenvalue weighted by Gasteiger charge is -2.14. The summed E-state index contributed by atoms with van der Waals surface area (Å²) in [7, 11) is 0. The third kappa shape index (κ3) is 3.46. The predicted molar refractivity (Wildman–Crippen MR) is 103 cm³/mol. The summed E-state index contributed by atoms with van der Waals surface area (Å²) in [4.78, 5) is 9.52. The molecule has 4 rings (SSSR count). The van der Waals surface area contributed by atoms with E-state index >= 15 is 0 Å². The number of fused-ring (bicyclic) bond motifs is 1. The molecule has 0 unspecified atom stereocenters. The van der Waals surface area contributed by atoms with E-state index in [-0.39, 0.29) is 0 Å². The zero-order valence-electron chi connectivity index (χ0n) is 15.0. The maximum absolute atomic E-state index is 4.77. The van der Waals surface area contributed by atoms with Crippen molar-refractivity contribution in [2.75, 3.05) is 18.4 Å². The van der Waals surface area contributed by atoms with Crippen LogP contribution in [0.3, 0.4) is 0 Å². The lowest BCUT2D eigenvalue weighted by Crippen LogP contribution is -2.16. The first kappa shape index (κ1) is 16.7. The van der Waals surface area contributed by atoms with Crippen LogP contribution in [0.15, 0.2) is 36.5 Å². The maximum atomic E-state index is 4.77. The van der Waals surface area contributed by atoms with Gasteiger partial charge in [-0.1, -0.05) is 37.3 Å². The predicted octanol–water partition coefficient (Wildman–Crippen LogP) is 2.73. The van der Waals surface area contributed by atoms with E-state index in [2.05, 4.69) is 39.9 Å². The van der Waals surface area contributed by atoms with E-state index in [0.29, 0.717) is 6.54 Å². The van der Waals surface area contributed by atoms with Gasteiger partial charge in [-0.15, -0.1) is 0 Å². The van der Waals surface area contributed by atoms with Gasteiger partial charge in [-0.3, -0.25) is 5.10 Å². The van der Waals surface area contributed by atoms with E-state index in [1.807, 2.05) is 24.4 Å². The Morgan fingerprint density at radius 1 is 1.08 bits per heavy atom. The van der Waals surface area contributed by atoms with Gasteiger partial charge in [0.15, 0.2) is 0 Å². The molecule has 6 nitrogen and oxygen atoms in total. The molecule has 0 radical (unpaired) electrons. The van der Waals surface area contributed by atoms with E-state index in [4.69, 9.17) is 9.97 Å². The topological polar surface area (TPSA) is 78.5 Å². The number of rotatable bonds is 5. The first-order valence-corrected chi connectivity index (χ1v) is 9.26. The van der Waals surface area contributed by atoms with Crippen molar-refractivity contribution in [2.45, 2.75) is 32.7 Å². The van der Waals surface area contributed by atoms with Gasteiger partial charge in [0.05, 0.1) is 17.6 Å². The SMILES string of the molecule is CCc1nc2c(c(NCc3cn[nH]c3-c3ccccc3)n1)CCNCC2. The second kappa shape index (κ2) is 7.66. The van der Waals surface area contributed by atoms with E-state index < -0.39 is 0 Å². The zero-order valence-corrected chi connectivity index (χ0v) is 15.0. The summed E-state index contributed by atoms with van der Waals surface area (Å²) >= 11 is 0. The molecule has 0 saturated heterocycles. The molecule has 1 aliphatic heterocycles. The molecule has 3 N–H and O–H groups in total. The highest BCUT2D eigenvalue weighted by atomic mass is 15.1. The summed E-state index contributed by atoms with van der Waals surface area (Å²) in [6.45, 7) is 4.73. The van der Waals surface area contributed by atoms with Crippen molar-refractivity contribution in [1.29, 1.82) is 0 Å². The zero-order chi connectivity index (χ0) is 17.8. The van der Waals surface area contributed by atoms with Gasteiger partial charge in [0.1, 0.15) is 11.6 Å². The molecule has 0 fully saturated rings. The fourth-order valence-corrected chi connectivity index (χ4v) is 3.38. The highest BCUT2D eigenvalue weighted by molar-refractivity contribution is 5.63. The normalized spacial score (nSPS) is 13.9. The van der Waals surface area contributed by atoms with Gasteiger partial charge in [-0.05, 0) is 18.5 Å². The van der Waals surface area contributed by atoms with Crippen molar-refractivity contribution < 1.29 is 0 Å². The third-order valence-corrected chi connectivity index (χ3v) is 4.77. The van der Waals surface area contributed by atoms with Gasteiger partial charge in [0, 0.05) is 37.1 Å². The van der Waals surface area contributed by atoms with Gasteiger partial charge >= 0.3 is 0 Å². The minimum absolute atomic E-state index is 0.681. The lowest BCUT2D eigenvalue weighted by molar-refractivity contribution is 0.708. The lowest BCUT2D eigenvalue weighted by atomic mass is 10.1. The van der Waals surface area contributed by atoms with Crippen LogP contribution < -0.4 is 10.6 Å². The van der Waals surface area contributed by atoms with Crippen molar-refractivity contribution in [1.82, 2.24) is 25.5 Å². The fourth-order valence-electron chi connectivity index (χ4n) is 3.38. The van der Waals surface area contributed by atoms with Crippen LogP contribution in [0, 0.1) is 0 Å². The first-order chi connectivity index (χ1) is 12.8. The number of anilines is 1. The standard InChI is InChI=1S/C20H24N6/c1-2-18-24-17-9-11-21-10-8-16(17)20(25-18)22-12-15-13-23-26-19(15)14-6-4-3-5-7-14/h3-7,13,21H,2,8-12H2,1H3,(H,23,26)(H,22,24,25). The van der Waals surface area contributed by atoms with Crippen molar-refractivity contribution >= 4 is 5.82 Å². The second-order valence-corrected chi connectivity index (χ2v) is 6.51. The van der Waals surface area contributed by atoms with Crippen LogP contribution in [0.5, 0.6) is 0 Å². The van der Waals surface area contributed by atoms with Crippen molar-refractivity contribution in [3.8, 4) is 11.3 Å². The number of aryl methyl sites for hydroxylation is 1. The molecule has 26 heavy (non-hydrogen) atoms. The van der Waals surface area contributed by atoms with Crippen LogP contribution in [0.25, 0.3) is 11.3 Å². The summed E-state index contributed by atoms with van der Waals surface area (Å²) in [5.41, 5.74) is 5.75. The highest BCUT2D eigenvalue weighted by Crippen LogP contribution is 2.24. The largest absolute Gasteiger partial charge is 0.366 e. The van der Waals surface area contributed by atoms with Gasteiger partial charge < -0.3 is 10.6 Å². The van der Waals surface area contributed by atoms with Gasteiger partial charge in [0.2, 0.25) is 0 Å². The molecule has 6 heteroatoms. The van der Waals surface area contributed by atoms with Crippen molar-refractivity contribution in [3.05, 3.63) is 59.2 Å². The molecule has 0 spiro atoms. The van der Waals surface area contributed by atoms with E-state index in [1.165, 1.54) is 11.3 Å². The number of benzene rings is 1. The van der Waals surface area contributed by atoms with Gasteiger partial charge in [-0.25, -0.2) is 9.97 Å². The fraction of sp³-hybridized carbons (Fsp3) is 0.350. The number of hydrogen-bond donors (Lipinski definition) is 3. The van der Waals surface area contributed by atoms with Crippen LogP contribution in [0.1, 0.15) is 29.6 Å². The molecule has 1 aliphatic rings. The molecule has 0 aliphatic carbocycles.